The van der Waals surface area contributed by atoms with Gasteiger partial charge in [0.05, 0.1) is 11.1 Å². The van der Waals surface area contributed by atoms with Gasteiger partial charge >= 0.3 is 0 Å². The van der Waals surface area contributed by atoms with Crippen LogP contribution in [0, 0.1) is 0 Å². The molecule has 1 N–H and O–H groups in total. The van der Waals surface area contributed by atoms with Crippen molar-refractivity contribution in [2.45, 2.75) is 45.6 Å². The van der Waals surface area contributed by atoms with E-state index in [-0.39, 0.29) is 0 Å². The highest BCUT2D eigenvalue weighted by Crippen LogP contribution is 2.33. The standard InChI is InChI=1S/C17H23Br2NO/c1-2-21-17-14(10-15(18)11-16(17)19)12-20-9-8-13-6-4-3-5-7-13/h6,10-11,20H,2-5,7-9,12H2,1H3. The van der Waals surface area contributed by atoms with Crippen LogP contribution in [0.2, 0.25) is 0 Å². The van der Waals surface area contributed by atoms with E-state index in [9.17, 15) is 0 Å². The van der Waals surface area contributed by atoms with E-state index in [0.717, 1.165) is 27.8 Å². The van der Waals surface area contributed by atoms with E-state index in [1.54, 1.807) is 5.57 Å². The van der Waals surface area contributed by atoms with Crippen LogP contribution >= 0.6 is 31.9 Å². The second kappa shape index (κ2) is 8.96. The molecule has 0 bridgehead atoms. The lowest BCUT2D eigenvalue weighted by Crippen LogP contribution is -2.16. The Morgan fingerprint density at radius 2 is 2.10 bits per heavy atom. The van der Waals surface area contributed by atoms with Gasteiger partial charge in [-0.1, -0.05) is 27.6 Å². The minimum atomic E-state index is 0.681. The summed E-state index contributed by atoms with van der Waals surface area (Å²) in [4.78, 5) is 0. The van der Waals surface area contributed by atoms with E-state index < -0.39 is 0 Å². The third-order valence-electron chi connectivity index (χ3n) is 3.70. The number of benzene rings is 1. The van der Waals surface area contributed by atoms with Crippen LogP contribution in [0.4, 0.5) is 0 Å². The second-order valence-corrected chi connectivity index (χ2v) is 7.11. The number of ether oxygens (including phenoxy) is 1. The van der Waals surface area contributed by atoms with Crippen molar-refractivity contribution in [2.75, 3.05) is 13.2 Å². The van der Waals surface area contributed by atoms with Gasteiger partial charge in [-0.3, -0.25) is 0 Å². The van der Waals surface area contributed by atoms with Gasteiger partial charge in [0.25, 0.3) is 0 Å². The van der Waals surface area contributed by atoms with Gasteiger partial charge in [-0.05, 0) is 73.6 Å². The Labute approximate surface area is 144 Å². The Bertz CT molecular complexity index is 500. The smallest absolute Gasteiger partial charge is 0.138 e. The zero-order valence-electron chi connectivity index (χ0n) is 12.6. The number of rotatable bonds is 7. The lowest BCUT2D eigenvalue weighted by molar-refractivity contribution is 0.333. The summed E-state index contributed by atoms with van der Waals surface area (Å²) < 4.78 is 7.83. The zero-order chi connectivity index (χ0) is 15.1. The van der Waals surface area contributed by atoms with Crippen molar-refractivity contribution in [1.82, 2.24) is 5.32 Å². The van der Waals surface area contributed by atoms with E-state index in [2.05, 4.69) is 49.3 Å². The van der Waals surface area contributed by atoms with E-state index in [0.29, 0.717) is 6.61 Å². The van der Waals surface area contributed by atoms with Crippen LogP contribution in [0.25, 0.3) is 0 Å². The van der Waals surface area contributed by atoms with Crippen molar-refractivity contribution < 1.29 is 4.74 Å². The average molecular weight is 417 g/mol. The number of hydrogen-bond donors (Lipinski definition) is 1. The lowest BCUT2D eigenvalue weighted by Gasteiger charge is -2.15. The summed E-state index contributed by atoms with van der Waals surface area (Å²) in [6.45, 7) is 4.56. The van der Waals surface area contributed by atoms with Crippen molar-refractivity contribution >= 4 is 31.9 Å². The van der Waals surface area contributed by atoms with Gasteiger partial charge in [-0.2, -0.15) is 0 Å². The molecule has 0 aromatic heterocycles. The SMILES string of the molecule is CCOc1c(Br)cc(Br)cc1CNCCC1=CCCCC1. The van der Waals surface area contributed by atoms with E-state index in [1.165, 1.54) is 37.7 Å². The van der Waals surface area contributed by atoms with Crippen molar-refractivity contribution in [1.29, 1.82) is 0 Å². The van der Waals surface area contributed by atoms with Crippen LogP contribution in [-0.4, -0.2) is 13.2 Å². The maximum absolute atomic E-state index is 5.75. The first-order valence-electron chi connectivity index (χ1n) is 7.70. The van der Waals surface area contributed by atoms with Crippen molar-refractivity contribution in [3.05, 3.63) is 38.3 Å². The minimum absolute atomic E-state index is 0.681. The molecule has 0 fully saturated rings. The first-order chi connectivity index (χ1) is 10.2. The zero-order valence-corrected chi connectivity index (χ0v) is 15.7. The van der Waals surface area contributed by atoms with Crippen molar-refractivity contribution in [2.24, 2.45) is 0 Å². The molecule has 0 spiro atoms. The molecule has 1 aliphatic carbocycles. The summed E-state index contributed by atoms with van der Waals surface area (Å²) in [5.41, 5.74) is 2.81. The Morgan fingerprint density at radius 1 is 1.24 bits per heavy atom. The summed E-state index contributed by atoms with van der Waals surface area (Å²) in [5, 5.41) is 3.54. The first-order valence-corrected chi connectivity index (χ1v) is 9.28. The first kappa shape index (κ1) is 17.0. The molecule has 0 saturated heterocycles. The molecule has 0 atom stereocenters. The summed E-state index contributed by atoms with van der Waals surface area (Å²) in [6.07, 6.45) is 8.86. The molecule has 0 aliphatic heterocycles. The van der Waals surface area contributed by atoms with Crippen LogP contribution in [0.15, 0.2) is 32.7 Å². The minimum Gasteiger partial charge on any atom is -0.492 e. The van der Waals surface area contributed by atoms with E-state index in [1.807, 2.05) is 13.0 Å². The monoisotopic (exact) mass is 415 g/mol. The molecule has 1 aromatic carbocycles. The molecule has 0 heterocycles. The van der Waals surface area contributed by atoms with Gasteiger partial charge in [0.1, 0.15) is 5.75 Å². The fraction of sp³-hybridized carbons (Fsp3) is 0.529. The van der Waals surface area contributed by atoms with Crippen LogP contribution in [0.5, 0.6) is 5.75 Å². The Kier molecular flexibility index (Phi) is 7.27. The van der Waals surface area contributed by atoms with E-state index >= 15 is 0 Å². The second-order valence-electron chi connectivity index (χ2n) is 5.34. The Hall–Kier alpha value is -0.320. The molecule has 1 aromatic rings. The summed E-state index contributed by atoms with van der Waals surface area (Å²) in [5.74, 6) is 0.949. The summed E-state index contributed by atoms with van der Waals surface area (Å²) in [7, 11) is 0. The third kappa shape index (κ3) is 5.42. The molecule has 0 saturated carbocycles. The van der Waals surface area contributed by atoms with Gasteiger partial charge in [-0.25, -0.2) is 0 Å². The predicted octanol–water partition coefficient (Wildman–Crippen LogP) is 5.59. The lowest BCUT2D eigenvalue weighted by atomic mass is 9.97. The average Bonchev–Trinajstić information content (AvgIpc) is 2.48. The quantitative estimate of drug-likeness (QED) is 0.462. The maximum Gasteiger partial charge on any atom is 0.138 e. The predicted molar refractivity (Wildman–Crippen MR) is 95.9 cm³/mol. The van der Waals surface area contributed by atoms with E-state index in [4.69, 9.17) is 4.74 Å². The molecule has 1 aliphatic rings. The molecule has 0 amide bonds. The highest BCUT2D eigenvalue weighted by atomic mass is 79.9. The highest BCUT2D eigenvalue weighted by molar-refractivity contribution is 9.11. The van der Waals surface area contributed by atoms with Gasteiger partial charge in [0, 0.05) is 16.6 Å². The molecule has 0 unspecified atom stereocenters. The third-order valence-corrected chi connectivity index (χ3v) is 4.74. The summed E-state index contributed by atoms with van der Waals surface area (Å²) in [6, 6.07) is 4.16. The topological polar surface area (TPSA) is 21.3 Å². The molecule has 2 rings (SSSR count). The normalized spacial score (nSPS) is 14.9. The molecule has 0 radical (unpaired) electrons. The van der Waals surface area contributed by atoms with Gasteiger partial charge in [0.2, 0.25) is 0 Å². The molecule has 2 nitrogen and oxygen atoms in total. The Morgan fingerprint density at radius 3 is 2.81 bits per heavy atom. The van der Waals surface area contributed by atoms with Crippen LogP contribution in [0.1, 0.15) is 44.6 Å². The highest BCUT2D eigenvalue weighted by Gasteiger charge is 2.10. The van der Waals surface area contributed by atoms with Gasteiger partial charge in [0.15, 0.2) is 0 Å². The molecule has 21 heavy (non-hydrogen) atoms. The molecular weight excluding hydrogens is 394 g/mol. The number of allylic oxidation sites excluding steroid dienone is 1. The number of hydrogen-bond acceptors (Lipinski definition) is 2. The maximum atomic E-state index is 5.75. The van der Waals surface area contributed by atoms with Crippen molar-refractivity contribution in [3.63, 3.8) is 0 Å². The molecule has 4 heteroatoms. The fourth-order valence-electron chi connectivity index (χ4n) is 2.65. The van der Waals surface area contributed by atoms with Gasteiger partial charge < -0.3 is 10.1 Å². The number of halogens is 2. The van der Waals surface area contributed by atoms with Crippen LogP contribution in [-0.2, 0) is 6.54 Å². The molecule has 116 valence electrons. The number of nitrogens with one attached hydrogen (secondary N) is 1. The van der Waals surface area contributed by atoms with Crippen LogP contribution < -0.4 is 10.1 Å². The summed E-state index contributed by atoms with van der Waals surface area (Å²) >= 11 is 7.13. The van der Waals surface area contributed by atoms with Gasteiger partial charge in [-0.15, -0.1) is 0 Å². The van der Waals surface area contributed by atoms with Crippen molar-refractivity contribution in [3.8, 4) is 5.75 Å². The molecular formula is C17H23Br2NO. The fourth-order valence-corrected chi connectivity index (χ4v) is 4.08. The largest absolute Gasteiger partial charge is 0.492 e. The van der Waals surface area contributed by atoms with Crippen LogP contribution in [0.3, 0.4) is 0 Å². The Balaban J connectivity index is 1.88.